The van der Waals surface area contributed by atoms with Crippen LogP contribution in [-0.2, 0) is 23.5 Å². The molecule has 1 atom stereocenters. The minimum absolute atomic E-state index is 0.213. The molecule has 1 fully saturated rings. The largest absolute Gasteiger partial charge is 0.324 e. The number of fused-ring (bicyclic) bond motifs is 2. The minimum Gasteiger partial charge on any atom is -0.312 e. The van der Waals surface area contributed by atoms with E-state index in [1.807, 2.05) is 18.2 Å². The lowest BCUT2D eigenvalue weighted by Crippen LogP contribution is -2.48. The number of carbonyl (C=O) groups is 2. The molecule has 1 aromatic carbocycles. The van der Waals surface area contributed by atoms with Crippen LogP contribution >= 0.6 is 11.6 Å². The summed E-state index contributed by atoms with van der Waals surface area (Å²) in [6.45, 7) is 0. The molecule has 2 heterocycles. The van der Waals surface area contributed by atoms with Gasteiger partial charge in [0.05, 0.1) is 17.1 Å². The minimum atomic E-state index is -0.786. The van der Waals surface area contributed by atoms with E-state index in [-0.39, 0.29) is 11.9 Å². The predicted octanol–water partition coefficient (Wildman–Crippen LogP) is 1.99. The summed E-state index contributed by atoms with van der Waals surface area (Å²) in [5.41, 5.74) is 3.09. The van der Waals surface area contributed by atoms with Crippen LogP contribution in [0.5, 0.6) is 0 Å². The highest BCUT2D eigenvalue weighted by atomic mass is 35.5. The Labute approximate surface area is 132 Å². The van der Waals surface area contributed by atoms with Gasteiger partial charge in [-0.1, -0.05) is 6.07 Å². The van der Waals surface area contributed by atoms with Gasteiger partial charge in [-0.25, -0.2) is 4.79 Å². The summed E-state index contributed by atoms with van der Waals surface area (Å²) in [5, 5.41) is 3.43. The maximum atomic E-state index is 12.3. The summed E-state index contributed by atoms with van der Waals surface area (Å²) in [6, 6.07) is 7.65. The zero-order valence-electron chi connectivity index (χ0n) is 12.0. The number of nitrogens with zero attached hydrogens (tertiary/aromatic N) is 2. The number of aromatic nitrogens is 1. The molecule has 0 radical (unpaired) electrons. The molecule has 2 aromatic rings. The van der Waals surface area contributed by atoms with Gasteiger partial charge in [-0.05, 0) is 29.3 Å². The van der Waals surface area contributed by atoms with Crippen molar-refractivity contribution < 1.29 is 9.59 Å². The molecule has 1 aliphatic carbocycles. The van der Waals surface area contributed by atoms with E-state index >= 15 is 0 Å². The van der Waals surface area contributed by atoms with Crippen molar-refractivity contribution in [3.63, 3.8) is 0 Å². The first-order chi connectivity index (χ1) is 10.5. The van der Waals surface area contributed by atoms with Gasteiger partial charge in [0.25, 0.3) is 5.91 Å². The molecule has 6 heteroatoms. The number of nitrogens with one attached hydrogen (secondary N) is 1. The van der Waals surface area contributed by atoms with Crippen LogP contribution in [0.3, 0.4) is 0 Å². The van der Waals surface area contributed by atoms with Gasteiger partial charge in [0.1, 0.15) is 5.54 Å². The van der Waals surface area contributed by atoms with Gasteiger partial charge in [-0.3, -0.25) is 15.1 Å². The van der Waals surface area contributed by atoms with Gasteiger partial charge in [-0.15, -0.1) is 11.6 Å². The molecule has 1 N–H and O–H groups in total. The number of pyridine rings is 1. The lowest BCUT2D eigenvalue weighted by Gasteiger charge is -2.27. The van der Waals surface area contributed by atoms with Crippen LogP contribution in [0.1, 0.15) is 16.8 Å². The van der Waals surface area contributed by atoms with Crippen LogP contribution in [0, 0.1) is 0 Å². The number of hydrogen-bond acceptors (Lipinski definition) is 3. The van der Waals surface area contributed by atoms with E-state index in [1.165, 1.54) is 4.90 Å². The second-order valence-electron chi connectivity index (χ2n) is 5.95. The average molecular weight is 316 g/mol. The Bertz CT molecular complexity index is 835. The lowest BCUT2D eigenvalue weighted by atomic mass is 9.95. The fourth-order valence-electron chi connectivity index (χ4n) is 3.44. The Balaban J connectivity index is 1.82. The second-order valence-corrected chi connectivity index (χ2v) is 6.22. The zero-order chi connectivity index (χ0) is 15.5. The number of alkyl halides is 1. The van der Waals surface area contributed by atoms with Gasteiger partial charge >= 0.3 is 6.03 Å². The first kappa shape index (κ1) is 13.5. The van der Waals surface area contributed by atoms with Crippen LogP contribution in [0.4, 0.5) is 4.79 Å². The Hall–Kier alpha value is -2.14. The van der Waals surface area contributed by atoms with Crippen molar-refractivity contribution in [1.29, 1.82) is 0 Å². The third kappa shape index (κ3) is 1.69. The number of halogens is 1. The van der Waals surface area contributed by atoms with Crippen molar-refractivity contribution in [2.24, 2.45) is 0 Å². The summed E-state index contributed by atoms with van der Waals surface area (Å²) in [4.78, 5) is 30.1. The number of likely N-dealkylation sites (N-methyl/N-ethyl adjacent to an activating group) is 1. The van der Waals surface area contributed by atoms with Gasteiger partial charge in [0.2, 0.25) is 0 Å². The molecule has 5 nitrogen and oxygen atoms in total. The number of carbonyl (C=O) groups excluding carboxylic acids is 2. The van der Waals surface area contributed by atoms with Gasteiger partial charge in [0.15, 0.2) is 0 Å². The Morgan fingerprint density at radius 1 is 1.27 bits per heavy atom. The molecule has 22 heavy (non-hydrogen) atoms. The standard InChI is InChI=1S/C16H14ClN3O2/c1-20-15(22)19-14(21)16(20)6-10-4-9-2-3-12(8-17)18-13(9)5-11(10)7-16/h2-5H,6-8H2,1H3,(H,19,21,22)/t16-/m1/s1. The molecule has 1 saturated heterocycles. The molecule has 2 aliphatic rings. The first-order valence-corrected chi connectivity index (χ1v) is 7.63. The number of hydrogen-bond donors (Lipinski definition) is 1. The van der Waals surface area contributed by atoms with E-state index in [0.717, 1.165) is 27.7 Å². The predicted molar refractivity (Wildman–Crippen MR) is 82.7 cm³/mol. The normalized spacial score (nSPS) is 23.5. The highest BCUT2D eigenvalue weighted by Gasteiger charge is 2.54. The molecule has 0 bridgehead atoms. The van der Waals surface area contributed by atoms with Crippen molar-refractivity contribution in [3.05, 3.63) is 41.1 Å². The smallest absolute Gasteiger partial charge is 0.312 e. The summed E-state index contributed by atoms with van der Waals surface area (Å²) >= 11 is 5.84. The van der Waals surface area contributed by atoms with Gasteiger partial charge in [0, 0.05) is 25.3 Å². The van der Waals surface area contributed by atoms with E-state index in [9.17, 15) is 9.59 Å². The molecular weight excluding hydrogens is 302 g/mol. The van der Waals surface area contributed by atoms with Crippen molar-refractivity contribution in [3.8, 4) is 0 Å². The molecular formula is C16H14ClN3O2. The van der Waals surface area contributed by atoms with E-state index in [1.54, 1.807) is 7.05 Å². The maximum Gasteiger partial charge on any atom is 0.324 e. The SMILES string of the molecule is CN1C(=O)NC(=O)[C@]12Cc1cc3ccc(CCl)nc3cc1C2. The third-order valence-corrected chi connectivity index (χ3v) is 5.03. The van der Waals surface area contributed by atoms with E-state index in [0.29, 0.717) is 18.7 Å². The van der Waals surface area contributed by atoms with E-state index in [2.05, 4.69) is 16.4 Å². The number of imide groups is 1. The quantitative estimate of drug-likeness (QED) is 0.646. The van der Waals surface area contributed by atoms with Crippen LogP contribution in [0.2, 0.25) is 0 Å². The summed E-state index contributed by atoms with van der Waals surface area (Å²) < 4.78 is 0. The summed E-state index contributed by atoms with van der Waals surface area (Å²) in [6.07, 6.45) is 1.07. The van der Waals surface area contributed by atoms with Crippen molar-refractivity contribution in [1.82, 2.24) is 15.2 Å². The Morgan fingerprint density at radius 3 is 2.64 bits per heavy atom. The number of benzene rings is 1. The van der Waals surface area contributed by atoms with Crippen molar-refractivity contribution >= 4 is 34.4 Å². The number of rotatable bonds is 1. The van der Waals surface area contributed by atoms with Gasteiger partial charge < -0.3 is 4.90 Å². The third-order valence-electron chi connectivity index (χ3n) is 4.76. The topological polar surface area (TPSA) is 62.3 Å². The second kappa shape index (κ2) is 4.43. The van der Waals surface area contributed by atoms with E-state index < -0.39 is 5.54 Å². The Morgan fingerprint density at radius 2 is 2.00 bits per heavy atom. The van der Waals surface area contributed by atoms with Crippen LogP contribution in [0.15, 0.2) is 24.3 Å². The maximum absolute atomic E-state index is 12.3. The molecule has 3 amide bonds. The molecule has 1 aliphatic heterocycles. The van der Waals surface area contributed by atoms with Crippen LogP contribution in [0.25, 0.3) is 10.9 Å². The lowest BCUT2D eigenvalue weighted by molar-refractivity contribution is -0.125. The summed E-state index contributed by atoms with van der Waals surface area (Å²) in [5.74, 6) is 0.158. The monoisotopic (exact) mass is 315 g/mol. The van der Waals surface area contributed by atoms with Crippen molar-refractivity contribution in [2.75, 3.05) is 7.05 Å². The van der Waals surface area contributed by atoms with Crippen molar-refractivity contribution in [2.45, 2.75) is 24.3 Å². The highest BCUT2D eigenvalue weighted by molar-refractivity contribution is 6.17. The number of amides is 3. The molecule has 1 spiro atoms. The highest BCUT2D eigenvalue weighted by Crippen LogP contribution is 2.38. The molecule has 4 rings (SSSR count). The average Bonchev–Trinajstić information content (AvgIpc) is 2.98. The molecule has 112 valence electrons. The first-order valence-electron chi connectivity index (χ1n) is 7.10. The Kier molecular flexibility index (Phi) is 2.72. The fraction of sp³-hybridized carbons (Fsp3) is 0.312. The van der Waals surface area contributed by atoms with Crippen LogP contribution < -0.4 is 5.32 Å². The summed E-state index contributed by atoms with van der Waals surface area (Å²) in [7, 11) is 1.68. The zero-order valence-corrected chi connectivity index (χ0v) is 12.8. The van der Waals surface area contributed by atoms with E-state index in [4.69, 9.17) is 11.6 Å². The molecule has 0 saturated carbocycles. The molecule has 0 unspecified atom stereocenters. The van der Waals surface area contributed by atoms with Crippen LogP contribution in [-0.4, -0.2) is 34.4 Å². The molecule has 1 aromatic heterocycles. The van der Waals surface area contributed by atoms with Gasteiger partial charge in [-0.2, -0.15) is 0 Å². The number of urea groups is 1. The fourth-order valence-corrected chi connectivity index (χ4v) is 3.59.